The van der Waals surface area contributed by atoms with Crippen LogP contribution in [0.15, 0.2) is 23.7 Å². The van der Waals surface area contributed by atoms with Crippen molar-refractivity contribution >= 4 is 13.0 Å². The molecule has 0 aromatic rings. The molecule has 0 aromatic heterocycles. The Hall–Kier alpha value is -1.51. The van der Waals surface area contributed by atoms with Crippen LogP contribution < -0.4 is 5.73 Å². The lowest BCUT2D eigenvalue weighted by Crippen LogP contribution is -2.60. The number of fused-ring (bicyclic) bond motifs is 1. The minimum atomic E-state index is -0.893. The molecule has 22 heavy (non-hydrogen) atoms. The zero-order valence-corrected chi connectivity index (χ0v) is 12.5. The fourth-order valence-corrected chi connectivity index (χ4v) is 2.91. The van der Waals surface area contributed by atoms with Gasteiger partial charge in [0.15, 0.2) is 5.76 Å². The maximum absolute atomic E-state index is 11.9. The largest absolute Gasteiger partial charge is 0.536 e. The van der Waals surface area contributed by atoms with Crippen LogP contribution in [0.4, 0.5) is 0 Å². The normalized spacial score (nSPS) is 27.2. The lowest BCUT2D eigenvalue weighted by molar-refractivity contribution is -0.146. The first-order chi connectivity index (χ1) is 10.5. The Bertz CT molecular complexity index is 515. The molecule has 7 nitrogen and oxygen atoms in total. The van der Waals surface area contributed by atoms with Crippen molar-refractivity contribution < 1.29 is 24.3 Å². The van der Waals surface area contributed by atoms with Crippen molar-refractivity contribution in [2.45, 2.75) is 37.9 Å². The molecule has 2 fully saturated rings. The predicted octanol–water partition coefficient (Wildman–Crippen LogP) is -0.780. The Morgan fingerprint density at radius 2 is 2.32 bits per heavy atom. The van der Waals surface area contributed by atoms with Crippen LogP contribution in [0.25, 0.3) is 0 Å². The highest BCUT2D eigenvalue weighted by atomic mass is 16.6. The summed E-state index contributed by atoms with van der Waals surface area (Å²) in [6.07, 6.45) is 4.32. The van der Waals surface area contributed by atoms with Crippen LogP contribution in [-0.4, -0.2) is 59.4 Å². The molecular weight excluding hydrogens is 287 g/mol. The van der Waals surface area contributed by atoms with Gasteiger partial charge in [0.1, 0.15) is 17.9 Å². The molecule has 0 saturated carbocycles. The number of hydrogen-bond donors (Lipinski definition) is 3. The molecule has 2 saturated heterocycles. The van der Waals surface area contributed by atoms with E-state index >= 15 is 0 Å². The number of aliphatic hydroxyl groups excluding tert-OH is 1. The highest BCUT2D eigenvalue weighted by molar-refractivity contribution is 6.44. The lowest BCUT2D eigenvalue weighted by Gasteiger charge is -2.41. The number of ether oxygens (including phenoxy) is 1. The van der Waals surface area contributed by atoms with Gasteiger partial charge in [0.05, 0.1) is 19.2 Å². The maximum Gasteiger partial charge on any atom is 0.523 e. The number of allylic oxidation sites excluding steroid dienone is 3. The van der Waals surface area contributed by atoms with Gasteiger partial charge >= 0.3 is 7.12 Å². The van der Waals surface area contributed by atoms with Crippen LogP contribution in [0.1, 0.15) is 13.3 Å². The number of nitrogens with two attached hydrogens (primary N) is 1. The van der Waals surface area contributed by atoms with Crippen molar-refractivity contribution in [3.63, 3.8) is 0 Å². The van der Waals surface area contributed by atoms with Crippen LogP contribution >= 0.6 is 0 Å². The monoisotopic (exact) mass is 308 g/mol. The number of likely N-dealkylation sites (tertiary alicyclic amines) is 1. The number of nitrogens with zero attached hydrogens (tertiary/aromatic N) is 1. The molecule has 0 radical (unpaired) electrons. The van der Waals surface area contributed by atoms with Gasteiger partial charge in [-0.2, -0.15) is 0 Å². The van der Waals surface area contributed by atoms with Gasteiger partial charge in [0, 0.05) is 12.2 Å². The van der Waals surface area contributed by atoms with Crippen LogP contribution in [0.2, 0.25) is 6.32 Å². The van der Waals surface area contributed by atoms with Crippen molar-refractivity contribution in [3.05, 3.63) is 23.7 Å². The molecule has 8 heteroatoms. The predicted molar refractivity (Wildman–Crippen MR) is 79.2 cm³/mol. The summed E-state index contributed by atoms with van der Waals surface area (Å²) < 4.78 is 11.3. The van der Waals surface area contributed by atoms with Crippen molar-refractivity contribution in [3.8, 4) is 0 Å². The van der Waals surface area contributed by atoms with Crippen molar-refractivity contribution in [1.82, 2.24) is 4.90 Å². The highest BCUT2D eigenvalue weighted by Gasteiger charge is 2.40. The standard InChI is InChI=1S/C14H21BN2O5/c1-8(18)12(16)14(19)17-6-10(7-17)21-11-4-2-3-9-5-15(20)22-13(9)11/h2,4,8-10,12,18,20H,3,5-7,16H2,1H3/t8-,9?,12+/m1/s1. The summed E-state index contributed by atoms with van der Waals surface area (Å²) in [6, 6.07) is -0.893. The minimum absolute atomic E-state index is 0.114. The molecule has 3 aliphatic rings. The summed E-state index contributed by atoms with van der Waals surface area (Å²) in [5.41, 5.74) is 5.64. The first-order valence-corrected chi connectivity index (χ1v) is 7.60. The van der Waals surface area contributed by atoms with Gasteiger partial charge in [-0.05, 0) is 19.4 Å². The number of amides is 1. The van der Waals surface area contributed by atoms with Gasteiger partial charge in [0.25, 0.3) is 0 Å². The third-order valence-electron chi connectivity index (χ3n) is 4.31. The average Bonchev–Trinajstić information content (AvgIpc) is 2.81. The van der Waals surface area contributed by atoms with Crippen molar-refractivity contribution in [2.24, 2.45) is 11.7 Å². The van der Waals surface area contributed by atoms with Gasteiger partial charge in [-0.3, -0.25) is 4.79 Å². The molecule has 3 atom stereocenters. The van der Waals surface area contributed by atoms with E-state index in [-0.39, 0.29) is 17.9 Å². The highest BCUT2D eigenvalue weighted by Crippen LogP contribution is 2.37. The van der Waals surface area contributed by atoms with Crippen LogP contribution in [-0.2, 0) is 14.2 Å². The first kappa shape index (κ1) is 15.4. The van der Waals surface area contributed by atoms with Gasteiger partial charge in [-0.1, -0.05) is 6.08 Å². The summed E-state index contributed by atoms with van der Waals surface area (Å²) in [7, 11) is -0.762. The Labute approximate surface area is 129 Å². The lowest BCUT2D eigenvalue weighted by atomic mass is 9.79. The van der Waals surface area contributed by atoms with E-state index in [1.165, 1.54) is 6.92 Å². The van der Waals surface area contributed by atoms with Crippen molar-refractivity contribution in [1.29, 1.82) is 0 Å². The fraction of sp³-hybridized carbons (Fsp3) is 0.643. The van der Waals surface area contributed by atoms with Crippen molar-refractivity contribution in [2.75, 3.05) is 13.1 Å². The quantitative estimate of drug-likeness (QED) is 0.589. The molecule has 4 N–H and O–H groups in total. The van der Waals surface area contributed by atoms with Crippen LogP contribution in [0.3, 0.4) is 0 Å². The molecule has 3 rings (SSSR count). The average molecular weight is 308 g/mol. The number of carbonyl (C=O) groups is 1. The molecule has 1 amide bonds. The smallest absolute Gasteiger partial charge is 0.523 e. The summed E-state index contributed by atoms with van der Waals surface area (Å²) >= 11 is 0. The van der Waals surface area contributed by atoms with Crippen LogP contribution in [0.5, 0.6) is 0 Å². The molecule has 120 valence electrons. The molecule has 0 aromatic carbocycles. The first-order valence-electron chi connectivity index (χ1n) is 7.60. The Morgan fingerprint density at radius 1 is 1.59 bits per heavy atom. The molecule has 2 aliphatic heterocycles. The van der Waals surface area contributed by atoms with Gasteiger partial charge in [-0.25, -0.2) is 0 Å². The summed E-state index contributed by atoms with van der Waals surface area (Å²) in [5, 5.41) is 18.9. The van der Waals surface area contributed by atoms with Gasteiger partial charge in [0.2, 0.25) is 5.91 Å². The zero-order chi connectivity index (χ0) is 15.9. The van der Waals surface area contributed by atoms with E-state index in [1.807, 2.05) is 12.2 Å². The maximum atomic E-state index is 11.9. The van der Waals surface area contributed by atoms with E-state index in [9.17, 15) is 14.9 Å². The molecular formula is C14H21BN2O5. The van der Waals surface area contributed by atoms with E-state index in [1.54, 1.807) is 4.90 Å². The Kier molecular flexibility index (Phi) is 4.16. The van der Waals surface area contributed by atoms with E-state index in [0.29, 0.717) is 30.9 Å². The Balaban J connectivity index is 1.55. The summed E-state index contributed by atoms with van der Waals surface area (Å²) in [6.45, 7) is 2.38. The fourth-order valence-electron chi connectivity index (χ4n) is 2.91. The second-order valence-corrected chi connectivity index (χ2v) is 6.12. The molecule has 1 unspecified atom stereocenters. The number of hydrogen-bond acceptors (Lipinski definition) is 6. The van der Waals surface area contributed by atoms with E-state index in [4.69, 9.17) is 15.1 Å². The van der Waals surface area contributed by atoms with Gasteiger partial charge < -0.3 is 30.2 Å². The second kappa shape index (κ2) is 5.94. The summed E-state index contributed by atoms with van der Waals surface area (Å²) in [5.74, 6) is 1.26. The van der Waals surface area contributed by atoms with E-state index < -0.39 is 19.3 Å². The third-order valence-corrected chi connectivity index (χ3v) is 4.31. The summed E-state index contributed by atoms with van der Waals surface area (Å²) in [4.78, 5) is 13.5. The SMILES string of the molecule is C[C@@H](O)[C@H](N)C(=O)N1CC(OC2=C3OB(O)CC3CC=C2)C1. The third kappa shape index (κ3) is 2.86. The molecule has 1 aliphatic carbocycles. The second-order valence-electron chi connectivity index (χ2n) is 6.12. The number of carbonyl (C=O) groups excluding carboxylic acids is 1. The zero-order valence-electron chi connectivity index (χ0n) is 12.5. The minimum Gasteiger partial charge on any atom is -0.536 e. The van der Waals surface area contributed by atoms with Crippen LogP contribution in [0, 0.1) is 5.92 Å². The van der Waals surface area contributed by atoms with E-state index in [0.717, 1.165) is 6.42 Å². The molecule has 0 bridgehead atoms. The number of aliphatic hydroxyl groups is 1. The topological polar surface area (TPSA) is 105 Å². The molecule has 2 heterocycles. The number of rotatable bonds is 4. The Morgan fingerprint density at radius 3 is 3.00 bits per heavy atom. The molecule has 0 spiro atoms. The van der Waals surface area contributed by atoms with Gasteiger partial charge in [-0.15, -0.1) is 0 Å². The van der Waals surface area contributed by atoms with E-state index in [2.05, 4.69) is 0 Å².